The van der Waals surface area contributed by atoms with E-state index >= 15 is 0 Å². The lowest BCUT2D eigenvalue weighted by atomic mass is 10.2. The van der Waals surface area contributed by atoms with Gasteiger partial charge in [-0.15, -0.1) is 11.8 Å². The highest BCUT2D eigenvalue weighted by molar-refractivity contribution is 7.99. The molecule has 1 aliphatic heterocycles. The third-order valence-electron chi connectivity index (χ3n) is 4.19. The number of amides is 1. The standard InChI is InChI=1S/C21H27N5O2S/c1-21(2,3)28-20(27)26-10-8-25(9-11-26)12-13-29-19-7-5-4-6-18(19)24-16-17(14-22)15-23/h4-7,16,24H,8-13H2,1-3H3. The summed E-state index contributed by atoms with van der Waals surface area (Å²) >= 11 is 1.72. The minimum atomic E-state index is -0.470. The van der Waals surface area contributed by atoms with Crippen LogP contribution < -0.4 is 5.32 Å². The first-order chi connectivity index (χ1) is 13.8. The van der Waals surface area contributed by atoms with Gasteiger partial charge < -0.3 is 15.0 Å². The molecule has 0 saturated carbocycles. The van der Waals surface area contributed by atoms with Crippen molar-refractivity contribution in [1.29, 1.82) is 10.5 Å². The molecule has 7 nitrogen and oxygen atoms in total. The number of nitriles is 2. The summed E-state index contributed by atoms with van der Waals surface area (Å²) in [5.41, 5.74) is 0.436. The number of piperazine rings is 1. The Balaban J connectivity index is 1.79. The van der Waals surface area contributed by atoms with Crippen molar-refractivity contribution < 1.29 is 9.53 Å². The molecular formula is C21H27N5O2S. The summed E-state index contributed by atoms with van der Waals surface area (Å²) in [6, 6.07) is 11.5. The molecule has 29 heavy (non-hydrogen) atoms. The SMILES string of the molecule is CC(C)(C)OC(=O)N1CCN(CCSc2ccccc2NC=C(C#N)C#N)CC1. The molecule has 1 fully saturated rings. The Morgan fingerprint density at radius 1 is 1.21 bits per heavy atom. The molecule has 0 aromatic heterocycles. The molecule has 0 unspecified atom stereocenters. The van der Waals surface area contributed by atoms with E-state index in [-0.39, 0.29) is 11.7 Å². The minimum absolute atomic E-state index is 0.0349. The Kier molecular flexibility index (Phi) is 8.38. The fraction of sp³-hybridized carbons (Fsp3) is 0.476. The van der Waals surface area contributed by atoms with E-state index in [1.807, 2.05) is 57.2 Å². The van der Waals surface area contributed by atoms with E-state index < -0.39 is 5.60 Å². The number of anilines is 1. The van der Waals surface area contributed by atoms with Gasteiger partial charge in [0.2, 0.25) is 0 Å². The molecule has 1 saturated heterocycles. The molecule has 1 heterocycles. The van der Waals surface area contributed by atoms with E-state index in [1.165, 1.54) is 6.20 Å². The van der Waals surface area contributed by atoms with Crippen LogP contribution in [0.25, 0.3) is 0 Å². The fourth-order valence-corrected chi connectivity index (χ4v) is 3.74. The van der Waals surface area contributed by atoms with E-state index in [2.05, 4.69) is 10.2 Å². The van der Waals surface area contributed by atoms with E-state index in [0.29, 0.717) is 13.1 Å². The first kappa shape index (κ1) is 22.6. The molecule has 8 heteroatoms. The first-order valence-electron chi connectivity index (χ1n) is 9.51. The first-order valence-corrected chi connectivity index (χ1v) is 10.5. The second-order valence-corrected chi connectivity index (χ2v) is 8.72. The molecule has 0 spiro atoms. The number of allylic oxidation sites excluding steroid dienone is 1. The number of hydrogen-bond donors (Lipinski definition) is 1. The smallest absolute Gasteiger partial charge is 0.410 e. The quantitative estimate of drug-likeness (QED) is 0.562. The van der Waals surface area contributed by atoms with Gasteiger partial charge in [0, 0.05) is 49.6 Å². The fourth-order valence-electron chi connectivity index (χ4n) is 2.72. The van der Waals surface area contributed by atoms with Crippen LogP contribution in [-0.2, 0) is 4.74 Å². The van der Waals surface area contributed by atoms with Crippen molar-refractivity contribution in [2.75, 3.05) is 43.8 Å². The molecule has 1 aliphatic rings. The zero-order chi connectivity index (χ0) is 21.3. The normalized spacial score (nSPS) is 14.4. The summed E-state index contributed by atoms with van der Waals surface area (Å²) in [5.74, 6) is 0.901. The van der Waals surface area contributed by atoms with Crippen LogP contribution in [0, 0.1) is 22.7 Å². The lowest BCUT2D eigenvalue weighted by molar-refractivity contribution is 0.0150. The molecular weight excluding hydrogens is 386 g/mol. The van der Waals surface area contributed by atoms with Gasteiger partial charge in [-0.25, -0.2) is 4.79 Å². The highest BCUT2D eigenvalue weighted by Crippen LogP contribution is 2.27. The van der Waals surface area contributed by atoms with Crippen LogP contribution >= 0.6 is 11.8 Å². The lowest BCUT2D eigenvalue weighted by Crippen LogP contribution is -2.50. The van der Waals surface area contributed by atoms with Crippen LogP contribution in [0.2, 0.25) is 0 Å². The largest absolute Gasteiger partial charge is 0.444 e. The third-order valence-corrected chi connectivity index (χ3v) is 5.24. The number of hydrogen-bond acceptors (Lipinski definition) is 7. The van der Waals surface area contributed by atoms with Gasteiger partial charge in [-0.05, 0) is 32.9 Å². The van der Waals surface area contributed by atoms with Crippen molar-refractivity contribution in [3.05, 3.63) is 36.0 Å². The maximum absolute atomic E-state index is 12.1. The number of carbonyl (C=O) groups excluding carboxylic acids is 1. The third kappa shape index (κ3) is 7.69. The molecule has 1 N–H and O–H groups in total. The topological polar surface area (TPSA) is 92.4 Å². The highest BCUT2D eigenvalue weighted by atomic mass is 32.2. The number of benzene rings is 1. The summed E-state index contributed by atoms with van der Waals surface area (Å²) in [4.78, 5) is 17.3. The number of thioether (sulfide) groups is 1. The average Bonchev–Trinajstić information content (AvgIpc) is 2.69. The van der Waals surface area contributed by atoms with E-state index in [9.17, 15) is 4.79 Å². The number of nitrogens with one attached hydrogen (secondary N) is 1. The van der Waals surface area contributed by atoms with Gasteiger partial charge in [-0.3, -0.25) is 4.90 Å². The van der Waals surface area contributed by atoms with Gasteiger partial charge in [0.05, 0.1) is 5.69 Å². The Hall–Kier alpha value is -2.68. The van der Waals surface area contributed by atoms with Crippen LogP contribution in [0.1, 0.15) is 20.8 Å². The van der Waals surface area contributed by atoms with Gasteiger partial charge in [0.15, 0.2) is 0 Å². The molecule has 1 aromatic rings. The van der Waals surface area contributed by atoms with Gasteiger partial charge >= 0.3 is 6.09 Å². The zero-order valence-electron chi connectivity index (χ0n) is 17.1. The summed E-state index contributed by atoms with van der Waals surface area (Å²) in [6.45, 7) is 9.55. The van der Waals surface area contributed by atoms with E-state index in [4.69, 9.17) is 15.3 Å². The maximum atomic E-state index is 12.1. The van der Waals surface area contributed by atoms with Gasteiger partial charge in [-0.2, -0.15) is 10.5 Å². The predicted octanol–water partition coefficient (Wildman–Crippen LogP) is 3.67. The summed E-state index contributed by atoms with van der Waals surface area (Å²) < 4.78 is 5.43. The maximum Gasteiger partial charge on any atom is 0.410 e. The molecule has 0 aliphatic carbocycles. The van der Waals surface area contributed by atoms with Gasteiger partial charge in [0.1, 0.15) is 23.3 Å². The highest BCUT2D eigenvalue weighted by Gasteiger charge is 2.25. The number of nitrogens with zero attached hydrogens (tertiary/aromatic N) is 4. The van der Waals surface area contributed by atoms with Crippen molar-refractivity contribution in [1.82, 2.24) is 9.80 Å². The molecule has 0 atom stereocenters. The van der Waals surface area contributed by atoms with Crippen molar-refractivity contribution in [3.8, 4) is 12.1 Å². The number of rotatable bonds is 6. The lowest BCUT2D eigenvalue weighted by Gasteiger charge is -2.35. The van der Waals surface area contributed by atoms with E-state index in [0.717, 1.165) is 36.0 Å². The molecule has 154 valence electrons. The van der Waals surface area contributed by atoms with E-state index in [1.54, 1.807) is 16.7 Å². The molecule has 1 amide bonds. The summed E-state index contributed by atoms with van der Waals surface area (Å²) in [6.07, 6.45) is 1.18. The monoisotopic (exact) mass is 413 g/mol. The Labute approximate surface area is 176 Å². The van der Waals surface area contributed by atoms with Crippen LogP contribution in [0.15, 0.2) is 40.9 Å². The summed E-state index contributed by atoms with van der Waals surface area (Å²) in [7, 11) is 0. The second kappa shape index (κ2) is 10.8. The number of carbonyl (C=O) groups is 1. The second-order valence-electron chi connectivity index (χ2n) is 7.58. The molecule has 0 bridgehead atoms. The van der Waals surface area contributed by atoms with Gasteiger partial charge in [0.25, 0.3) is 0 Å². The van der Waals surface area contributed by atoms with Crippen LogP contribution in [0.3, 0.4) is 0 Å². The van der Waals surface area contributed by atoms with Crippen LogP contribution in [0.4, 0.5) is 10.5 Å². The van der Waals surface area contributed by atoms with Crippen molar-refractivity contribution in [2.24, 2.45) is 0 Å². The Morgan fingerprint density at radius 2 is 1.86 bits per heavy atom. The minimum Gasteiger partial charge on any atom is -0.444 e. The number of ether oxygens (including phenoxy) is 1. The Bertz CT molecular complexity index is 796. The van der Waals surface area contributed by atoms with Gasteiger partial charge in [-0.1, -0.05) is 12.1 Å². The molecule has 0 radical (unpaired) electrons. The Morgan fingerprint density at radius 3 is 2.48 bits per heavy atom. The summed E-state index contributed by atoms with van der Waals surface area (Å²) in [5, 5.41) is 20.7. The van der Waals surface area contributed by atoms with Crippen LogP contribution in [0.5, 0.6) is 0 Å². The van der Waals surface area contributed by atoms with Crippen molar-refractivity contribution >= 4 is 23.5 Å². The molecule has 2 rings (SSSR count). The van der Waals surface area contributed by atoms with Crippen molar-refractivity contribution in [3.63, 3.8) is 0 Å². The van der Waals surface area contributed by atoms with Crippen molar-refractivity contribution in [2.45, 2.75) is 31.3 Å². The van der Waals surface area contributed by atoms with Crippen LogP contribution in [-0.4, -0.2) is 60.0 Å². The number of para-hydroxylation sites is 1. The average molecular weight is 414 g/mol. The zero-order valence-corrected chi connectivity index (χ0v) is 18.0. The molecule has 1 aromatic carbocycles. The predicted molar refractivity (Wildman–Crippen MR) is 114 cm³/mol.